The molecule has 0 aromatic heterocycles. The number of carboxylic acids is 1. The predicted molar refractivity (Wildman–Crippen MR) is 58.5 cm³/mol. The molecule has 1 aromatic carbocycles. The topological polar surface area (TPSA) is 52.2 Å². The summed E-state index contributed by atoms with van der Waals surface area (Å²) < 4.78 is 0. The van der Waals surface area contributed by atoms with Crippen LogP contribution < -0.4 is 10.4 Å². The molecule has 0 atom stereocenters. The number of rotatable bonds is 6. The smallest absolute Gasteiger partial charge is 0.0414 e. The molecule has 0 fully saturated rings. The highest BCUT2D eigenvalue weighted by Crippen LogP contribution is 2.09. The number of hydrogen-bond acceptors (Lipinski definition) is 3. The van der Waals surface area contributed by atoms with E-state index >= 15 is 0 Å². The Morgan fingerprint density at radius 2 is 2.20 bits per heavy atom. The molecule has 0 aliphatic carbocycles. The van der Waals surface area contributed by atoms with E-state index in [4.69, 9.17) is 0 Å². The van der Waals surface area contributed by atoms with Gasteiger partial charge >= 0.3 is 0 Å². The van der Waals surface area contributed by atoms with Crippen LogP contribution in [0.2, 0.25) is 0 Å². The van der Waals surface area contributed by atoms with E-state index in [0.717, 1.165) is 18.7 Å². The number of carbonyl (C=O) groups excluding carboxylic acids is 1. The van der Waals surface area contributed by atoms with Crippen molar-refractivity contribution in [3.63, 3.8) is 0 Å². The fourth-order valence-corrected chi connectivity index (χ4v) is 1.38. The molecule has 0 bridgehead atoms. The van der Waals surface area contributed by atoms with Crippen LogP contribution in [-0.4, -0.2) is 12.5 Å². The van der Waals surface area contributed by atoms with Crippen LogP contribution in [0.25, 0.3) is 0 Å². The maximum atomic E-state index is 10.1. The van der Waals surface area contributed by atoms with Crippen LogP contribution in [0.1, 0.15) is 24.8 Å². The van der Waals surface area contributed by atoms with Crippen LogP contribution >= 0.6 is 0 Å². The highest BCUT2D eigenvalue weighted by molar-refractivity contribution is 5.64. The van der Waals surface area contributed by atoms with Crippen molar-refractivity contribution in [3.8, 4) is 0 Å². The first-order chi connectivity index (χ1) is 7.18. The molecule has 82 valence electrons. The van der Waals surface area contributed by atoms with Gasteiger partial charge in [-0.05, 0) is 43.9 Å². The third-order valence-electron chi connectivity index (χ3n) is 2.15. The number of anilines is 1. The number of aryl methyl sites for hydroxylation is 1. The van der Waals surface area contributed by atoms with Crippen LogP contribution in [0.15, 0.2) is 24.3 Å². The maximum absolute atomic E-state index is 10.1. The van der Waals surface area contributed by atoms with E-state index < -0.39 is 5.97 Å². The van der Waals surface area contributed by atoms with Gasteiger partial charge in [0.2, 0.25) is 0 Å². The largest absolute Gasteiger partial charge is 0.550 e. The van der Waals surface area contributed by atoms with Crippen molar-refractivity contribution in [2.75, 3.05) is 11.9 Å². The number of aliphatic carboxylic acids is 1. The number of nitrogens with one attached hydrogen (secondary N) is 1. The lowest BCUT2D eigenvalue weighted by molar-refractivity contribution is -0.305. The van der Waals surface area contributed by atoms with Crippen LogP contribution in [0, 0.1) is 6.92 Å². The van der Waals surface area contributed by atoms with Crippen LogP contribution in [0.4, 0.5) is 5.69 Å². The van der Waals surface area contributed by atoms with E-state index in [1.807, 2.05) is 25.1 Å². The average molecular weight is 206 g/mol. The predicted octanol–water partition coefficient (Wildman–Crippen LogP) is 1.33. The van der Waals surface area contributed by atoms with Crippen LogP contribution in [0.5, 0.6) is 0 Å². The van der Waals surface area contributed by atoms with Crippen molar-refractivity contribution >= 4 is 11.7 Å². The molecular formula is C12H16NO2-. The molecule has 0 aliphatic heterocycles. The lowest BCUT2D eigenvalue weighted by atomic mass is 10.2. The molecule has 0 radical (unpaired) electrons. The van der Waals surface area contributed by atoms with Gasteiger partial charge in [0, 0.05) is 18.2 Å². The normalized spacial score (nSPS) is 9.93. The zero-order valence-corrected chi connectivity index (χ0v) is 8.95. The molecule has 0 spiro atoms. The Morgan fingerprint density at radius 1 is 1.40 bits per heavy atom. The zero-order valence-electron chi connectivity index (χ0n) is 8.95. The summed E-state index contributed by atoms with van der Waals surface area (Å²) in [5.41, 5.74) is 2.30. The van der Waals surface area contributed by atoms with Gasteiger partial charge in [0.15, 0.2) is 0 Å². The summed E-state index contributed by atoms with van der Waals surface area (Å²) in [7, 11) is 0. The van der Waals surface area contributed by atoms with Crippen molar-refractivity contribution in [2.45, 2.75) is 26.2 Å². The van der Waals surface area contributed by atoms with Crippen molar-refractivity contribution in [2.24, 2.45) is 0 Å². The van der Waals surface area contributed by atoms with Gasteiger partial charge in [-0.3, -0.25) is 0 Å². The monoisotopic (exact) mass is 206 g/mol. The minimum absolute atomic E-state index is 0.148. The fourth-order valence-electron chi connectivity index (χ4n) is 1.38. The Hall–Kier alpha value is -1.51. The maximum Gasteiger partial charge on any atom is 0.0414 e. The van der Waals surface area contributed by atoms with E-state index in [9.17, 15) is 9.90 Å². The average Bonchev–Trinajstić information content (AvgIpc) is 2.17. The van der Waals surface area contributed by atoms with Gasteiger partial charge in [-0.2, -0.15) is 0 Å². The third kappa shape index (κ3) is 5.05. The summed E-state index contributed by atoms with van der Waals surface area (Å²) >= 11 is 0. The van der Waals surface area contributed by atoms with Gasteiger partial charge in [-0.25, -0.2) is 0 Å². The van der Waals surface area contributed by atoms with Crippen molar-refractivity contribution in [1.29, 1.82) is 0 Å². The van der Waals surface area contributed by atoms with Crippen LogP contribution in [0.3, 0.4) is 0 Å². The van der Waals surface area contributed by atoms with E-state index in [1.54, 1.807) is 0 Å². The Labute approximate surface area is 90.1 Å². The van der Waals surface area contributed by atoms with Gasteiger partial charge in [0.1, 0.15) is 0 Å². The summed E-state index contributed by atoms with van der Waals surface area (Å²) in [4.78, 5) is 10.1. The van der Waals surface area contributed by atoms with E-state index in [1.165, 1.54) is 5.56 Å². The number of carboxylic acid groups (broad SMARTS) is 1. The Morgan fingerprint density at radius 3 is 2.87 bits per heavy atom. The number of hydrogen-bond donors (Lipinski definition) is 1. The first-order valence-electron chi connectivity index (χ1n) is 5.19. The SMILES string of the molecule is Cc1cccc(NCCCCC(=O)[O-])c1. The molecule has 1 rings (SSSR count). The molecule has 0 saturated heterocycles. The molecule has 0 unspecified atom stereocenters. The number of benzene rings is 1. The second kappa shape index (κ2) is 6.06. The molecule has 15 heavy (non-hydrogen) atoms. The molecule has 3 heteroatoms. The van der Waals surface area contributed by atoms with Gasteiger partial charge < -0.3 is 15.2 Å². The number of carbonyl (C=O) groups is 1. The van der Waals surface area contributed by atoms with E-state index in [-0.39, 0.29) is 6.42 Å². The minimum atomic E-state index is -0.967. The molecule has 1 aromatic rings. The highest BCUT2D eigenvalue weighted by atomic mass is 16.4. The van der Waals surface area contributed by atoms with E-state index in [2.05, 4.69) is 11.4 Å². The molecule has 0 aliphatic rings. The summed E-state index contributed by atoms with van der Waals surface area (Å²) in [6, 6.07) is 8.12. The Bertz CT molecular complexity index is 323. The molecule has 0 heterocycles. The Kier molecular flexibility index (Phi) is 4.68. The summed E-state index contributed by atoms with van der Waals surface area (Å²) in [6.45, 7) is 2.85. The summed E-state index contributed by atoms with van der Waals surface area (Å²) in [5, 5.41) is 13.4. The van der Waals surface area contributed by atoms with Crippen LogP contribution in [-0.2, 0) is 4.79 Å². The quantitative estimate of drug-likeness (QED) is 0.714. The fraction of sp³-hybridized carbons (Fsp3) is 0.417. The first-order valence-corrected chi connectivity index (χ1v) is 5.19. The minimum Gasteiger partial charge on any atom is -0.550 e. The highest BCUT2D eigenvalue weighted by Gasteiger charge is 1.92. The number of unbranched alkanes of at least 4 members (excludes halogenated alkanes) is 1. The lowest BCUT2D eigenvalue weighted by Gasteiger charge is -2.07. The third-order valence-corrected chi connectivity index (χ3v) is 2.15. The van der Waals surface area contributed by atoms with Gasteiger partial charge in [-0.15, -0.1) is 0 Å². The second-order valence-electron chi connectivity index (χ2n) is 3.63. The zero-order chi connectivity index (χ0) is 11.1. The standard InChI is InChI=1S/C12H17NO2/c1-10-5-4-6-11(9-10)13-8-3-2-7-12(14)15/h4-6,9,13H,2-3,7-8H2,1H3,(H,14,15)/p-1. The molecule has 1 N–H and O–H groups in total. The van der Waals surface area contributed by atoms with Crippen molar-refractivity contribution < 1.29 is 9.90 Å². The van der Waals surface area contributed by atoms with Gasteiger partial charge in [0.25, 0.3) is 0 Å². The molecule has 0 saturated carbocycles. The summed E-state index contributed by atoms with van der Waals surface area (Å²) in [6.07, 6.45) is 1.67. The lowest BCUT2D eigenvalue weighted by Crippen LogP contribution is -2.21. The van der Waals surface area contributed by atoms with Crippen molar-refractivity contribution in [1.82, 2.24) is 0 Å². The Balaban J connectivity index is 2.17. The van der Waals surface area contributed by atoms with Gasteiger partial charge in [0.05, 0.1) is 0 Å². The first kappa shape index (κ1) is 11.6. The van der Waals surface area contributed by atoms with E-state index in [0.29, 0.717) is 6.42 Å². The molecular weight excluding hydrogens is 190 g/mol. The molecule has 0 amide bonds. The second-order valence-corrected chi connectivity index (χ2v) is 3.63. The molecule has 3 nitrogen and oxygen atoms in total. The summed E-state index contributed by atoms with van der Waals surface area (Å²) in [5.74, 6) is -0.967. The van der Waals surface area contributed by atoms with Crippen molar-refractivity contribution in [3.05, 3.63) is 29.8 Å². The van der Waals surface area contributed by atoms with Gasteiger partial charge in [-0.1, -0.05) is 12.1 Å².